The molecule has 0 atom stereocenters. The zero-order chi connectivity index (χ0) is 24.8. The van der Waals surface area contributed by atoms with E-state index < -0.39 is 0 Å². The van der Waals surface area contributed by atoms with Crippen molar-refractivity contribution in [1.82, 2.24) is 15.5 Å². The van der Waals surface area contributed by atoms with Crippen LogP contribution >= 0.6 is 0 Å². The molecule has 35 heavy (non-hydrogen) atoms. The molecule has 0 aliphatic carbocycles. The maximum absolute atomic E-state index is 12.6. The first-order chi connectivity index (χ1) is 16.8. The zero-order valence-corrected chi connectivity index (χ0v) is 20.3. The lowest BCUT2D eigenvalue weighted by Crippen LogP contribution is -2.34. The van der Waals surface area contributed by atoms with E-state index in [1.54, 1.807) is 48.7 Å². The minimum Gasteiger partial charge on any atom is -0.489 e. The van der Waals surface area contributed by atoms with Crippen molar-refractivity contribution < 1.29 is 18.8 Å². The molecule has 1 fully saturated rings. The molecule has 0 spiro atoms. The Labute approximate surface area is 204 Å². The highest BCUT2D eigenvalue weighted by atomic mass is 16.5. The van der Waals surface area contributed by atoms with E-state index in [2.05, 4.69) is 26.1 Å². The first-order valence-corrected chi connectivity index (χ1v) is 11.8. The first-order valence-electron chi connectivity index (χ1n) is 11.8. The third kappa shape index (κ3) is 6.89. The van der Waals surface area contributed by atoms with Crippen molar-refractivity contribution in [3.05, 3.63) is 65.6 Å². The standard InChI is InChI=1S/C26H31N5O4/c1-26(2,3)22-15-24(35-31-22)30-23(32)14-17-4-6-18(7-5-17)29-25(33)21-9-8-20(16-28-21)34-19-10-12-27-13-11-19/h4-9,15-16,19,27H,10-14H2,1-3H3,(H,29,33)(H,30,32). The van der Waals surface area contributed by atoms with Crippen LogP contribution in [0.25, 0.3) is 0 Å². The Kier molecular flexibility index (Phi) is 7.45. The van der Waals surface area contributed by atoms with E-state index >= 15 is 0 Å². The number of hydrogen-bond acceptors (Lipinski definition) is 7. The van der Waals surface area contributed by atoms with Gasteiger partial charge in [-0.2, -0.15) is 0 Å². The van der Waals surface area contributed by atoms with E-state index in [1.807, 2.05) is 20.8 Å². The van der Waals surface area contributed by atoms with E-state index in [4.69, 9.17) is 9.26 Å². The summed E-state index contributed by atoms with van der Waals surface area (Å²) < 4.78 is 11.1. The lowest BCUT2D eigenvalue weighted by molar-refractivity contribution is -0.115. The summed E-state index contributed by atoms with van der Waals surface area (Å²) in [4.78, 5) is 29.1. The number of nitrogens with one attached hydrogen (secondary N) is 3. The second-order valence-electron chi connectivity index (χ2n) is 9.65. The van der Waals surface area contributed by atoms with Gasteiger partial charge >= 0.3 is 0 Å². The van der Waals surface area contributed by atoms with Crippen LogP contribution in [-0.4, -0.2) is 41.1 Å². The normalized spacial score (nSPS) is 14.4. The minimum absolute atomic E-state index is 0.162. The van der Waals surface area contributed by atoms with Crippen LogP contribution in [0.5, 0.6) is 5.75 Å². The molecule has 9 nitrogen and oxygen atoms in total. The van der Waals surface area contributed by atoms with Gasteiger partial charge in [-0.05, 0) is 55.8 Å². The van der Waals surface area contributed by atoms with Crippen LogP contribution in [0, 0.1) is 0 Å². The summed E-state index contributed by atoms with van der Waals surface area (Å²) in [6, 6.07) is 12.2. The molecule has 0 unspecified atom stereocenters. The molecule has 9 heteroatoms. The van der Waals surface area contributed by atoms with Crippen LogP contribution in [0.15, 0.2) is 53.2 Å². The van der Waals surface area contributed by atoms with Crippen molar-refractivity contribution in [2.45, 2.75) is 51.6 Å². The van der Waals surface area contributed by atoms with Crippen molar-refractivity contribution in [3.8, 4) is 5.75 Å². The molecule has 1 aromatic carbocycles. The Morgan fingerprint density at radius 2 is 1.83 bits per heavy atom. The van der Waals surface area contributed by atoms with Gasteiger partial charge in [0.2, 0.25) is 11.8 Å². The molecule has 1 saturated heterocycles. The van der Waals surface area contributed by atoms with E-state index in [0.717, 1.165) is 37.2 Å². The van der Waals surface area contributed by atoms with Crippen LogP contribution in [0.4, 0.5) is 11.6 Å². The molecular weight excluding hydrogens is 446 g/mol. The maximum Gasteiger partial charge on any atom is 0.274 e. The second-order valence-corrected chi connectivity index (χ2v) is 9.65. The highest BCUT2D eigenvalue weighted by molar-refractivity contribution is 6.02. The lowest BCUT2D eigenvalue weighted by Gasteiger charge is -2.23. The number of aromatic nitrogens is 2. The van der Waals surface area contributed by atoms with Crippen LogP contribution in [0.2, 0.25) is 0 Å². The number of amides is 2. The number of anilines is 2. The molecule has 0 bridgehead atoms. The molecule has 2 amide bonds. The predicted octanol–water partition coefficient (Wildman–Crippen LogP) is 3.93. The number of carbonyl (C=O) groups is 2. The molecule has 3 N–H and O–H groups in total. The quantitative estimate of drug-likeness (QED) is 0.472. The monoisotopic (exact) mass is 477 g/mol. The van der Waals surface area contributed by atoms with E-state index in [1.165, 1.54) is 0 Å². The van der Waals surface area contributed by atoms with Gasteiger partial charge < -0.3 is 19.9 Å². The van der Waals surface area contributed by atoms with Crippen molar-refractivity contribution in [2.75, 3.05) is 23.7 Å². The molecule has 1 aliphatic rings. The highest BCUT2D eigenvalue weighted by Crippen LogP contribution is 2.24. The van der Waals surface area contributed by atoms with Crippen molar-refractivity contribution in [3.63, 3.8) is 0 Å². The fraction of sp³-hybridized carbons (Fsp3) is 0.385. The van der Waals surface area contributed by atoms with Gasteiger partial charge in [0.05, 0.1) is 18.3 Å². The van der Waals surface area contributed by atoms with E-state index in [9.17, 15) is 9.59 Å². The fourth-order valence-corrected chi connectivity index (χ4v) is 3.65. The Morgan fingerprint density at radius 1 is 1.09 bits per heavy atom. The fourth-order valence-electron chi connectivity index (χ4n) is 3.65. The zero-order valence-electron chi connectivity index (χ0n) is 20.3. The molecule has 4 rings (SSSR count). The third-order valence-corrected chi connectivity index (χ3v) is 5.68. The van der Waals surface area contributed by atoms with Crippen LogP contribution in [0.1, 0.15) is 55.4 Å². The first kappa shape index (κ1) is 24.4. The Balaban J connectivity index is 1.27. The minimum atomic E-state index is -0.316. The number of nitrogens with zero attached hydrogens (tertiary/aromatic N) is 2. The number of rotatable bonds is 7. The summed E-state index contributed by atoms with van der Waals surface area (Å²) in [6.45, 7) is 7.95. The average molecular weight is 478 g/mol. The summed E-state index contributed by atoms with van der Waals surface area (Å²) in [7, 11) is 0. The van der Waals surface area contributed by atoms with Gasteiger partial charge in [0.25, 0.3) is 5.91 Å². The lowest BCUT2D eigenvalue weighted by atomic mass is 9.92. The highest BCUT2D eigenvalue weighted by Gasteiger charge is 2.20. The van der Waals surface area contributed by atoms with Gasteiger partial charge in [-0.1, -0.05) is 38.1 Å². The van der Waals surface area contributed by atoms with Gasteiger partial charge in [-0.3, -0.25) is 14.9 Å². The SMILES string of the molecule is CC(C)(C)c1cc(NC(=O)Cc2ccc(NC(=O)c3ccc(OC4CCNCC4)cn3)cc2)on1. The topological polar surface area (TPSA) is 118 Å². The number of carbonyl (C=O) groups excluding carboxylic acids is 2. The van der Waals surface area contributed by atoms with Gasteiger partial charge in [0.1, 0.15) is 17.5 Å². The molecule has 3 aromatic rings. The van der Waals surface area contributed by atoms with Crippen molar-refractivity contribution in [2.24, 2.45) is 0 Å². The van der Waals surface area contributed by atoms with Crippen LogP contribution in [0.3, 0.4) is 0 Å². The Hall–Kier alpha value is -3.72. The van der Waals surface area contributed by atoms with E-state index in [-0.39, 0.29) is 29.8 Å². The molecule has 0 radical (unpaired) electrons. The smallest absolute Gasteiger partial charge is 0.274 e. The number of piperidine rings is 1. The Bertz CT molecular complexity index is 1140. The van der Waals surface area contributed by atoms with Crippen LogP contribution < -0.4 is 20.7 Å². The number of hydrogen-bond donors (Lipinski definition) is 3. The number of ether oxygens (including phenoxy) is 1. The van der Waals surface area contributed by atoms with E-state index in [0.29, 0.717) is 23.0 Å². The third-order valence-electron chi connectivity index (χ3n) is 5.68. The van der Waals surface area contributed by atoms with Gasteiger partial charge in [0, 0.05) is 17.2 Å². The summed E-state index contributed by atoms with van der Waals surface area (Å²) in [5, 5.41) is 12.8. The number of pyridine rings is 1. The molecule has 1 aliphatic heterocycles. The molecule has 2 aromatic heterocycles. The Morgan fingerprint density at radius 3 is 2.46 bits per heavy atom. The van der Waals surface area contributed by atoms with Gasteiger partial charge in [-0.25, -0.2) is 4.98 Å². The molecule has 0 saturated carbocycles. The second kappa shape index (κ2) is 10.7. The predicted molar refractivity (Wildman–Crippen MR) is 133 cm³/mol. The summed E-state index contributed by atoms with van der Waals surface area (Å²) in [5.74, 6) is 0.456. The van der Waals surface area contributed by atoms with Crippen LogP contribution in [-0.2, 0) is 16.6 Å². The summed E-state index contributed by atoms with van der Waals surface area (Å²) in [5.41, 5.74) is 2.32. The van der Waals surface area contributed by atoms with Gasteiger partial charge in [-0.15, -0.1) is 0 Å². The number of benzene rings is 1. The molecule has 184 valence electrons. The summed E-state index contributed by atoms with van der Waals surface area (Å²) in [6.07, 6.45) is 3.84. The van der Waals surface area contributed by atoms with Crippen molar-refractivity contribution >= 4 is 23.4 Å². The maximum atomic E-state index is 12.6. The summed E-state index contributed by atoms with van der Waals surface area (Å²) >= 11 is 0. The largest absolute Gasteiger partial charge is 0.489 e. The van der Waals surface area contributed by atoms with Gasteiger partial charge in [0.15, 0.2) is 0 Å². The van der Waals surface area contributed by atoms with Crippen molar-refractivity contribution in [1.29, 1.82) is 0 Å². The molecular formula is C26H31N5O4. The average Bonchev–Trinajstić information content (AvgIpc) is 3.30. The molecule has 3 heterocycles.